The van der Waals surface area contributed by atoms with E-state index in [1.807, 2.05) is 43.9 Å². The highest BCUT2D eigenvalue weighted by Crippen LogP contribution is 2.69. The van der Waals surface area contributed by atoms with Crippen molar-refractivity contribution in [2.45, 2.75) is 82.9 Å². The van der Waals surface area contributed by atoms with Crippen molar-refractivity contribution < 1.29 is 19.5 Å². The van der Waals surface area contributed by atoms with Crippen molar-refractivity contribution in [3.8, 4) is 0 Å². The van der Waals surface area contributed by atoms with Crippen LogP contribution in [0.25, 0.3) is 0 Å². The molecule has 42 heavy (non-hydrogen) atoms. The van der Waals surface area contributed by atoms with Crippen molar-refractivity contribution in [3.63, 3.8) is 0 Å². The Bertz CT molecular complexity index is 1200. The highest BCUT2D eigenvalue weighted by molar-refractivity contribution is 8.02. The molecule has 3 fully saturated rings. The van der Waals surface area contributed by atoms with Crippen molar-refractivity contribution in [2.75, 3.05) is 31.1 Å². The van der Waals surface area contributed by atoms with Gasteiger partial charge in [0.05, 0.1) is 29.2 Å². The Morgan fingerprint density at radius 3 is 2.36 bits per heavy atom. The average Bonchev–Trinajstić information content (AvgIpc) is 3.53. The maximum atomic E-state index is 15.1. The lowest BCUT2D eigenvalue weighted by Crippen LogP contribution is -2.59. The molecule has 0 radical (unpaired) electrons. The zero-order valence-electron chi connectivity index (χ0n) is 26.2. The lowest BCUT2D eigenvalue weighted by atomic mass is 9.65. The Hall–Kier alpha value is -2.58. The van der Waals surface area contributed by atoms with Crippen LogP contribution >= 0.6 is 11.8 Å². The van der Waals surface area contributed by atoms with E-state index >= 15 is 4.79 Å². The predicted octanol–water partition coefficient (Wildman–Crippen LogP) is 4.99. The van der Waals surface area contributed by atoms with E-state index < -0.39 is 28.7 Å². The fraction of sp³-hybridized carbons (Fsp3) is 0.618. The number of aliphatic hydroxyl groups is 1. The first-order valence-electron chi connectivity index (χ1n) is 15.5. The molecule has 3 amide bonds. The first-order chi connectivity index (χ1) is 20.0. The molecular formula is C34H49N3O4S. The molecule has 3 heterocycles. The largest absolute Gasteiger partial charge is 0.394 e. The molecule has 2 bridgehead atoms. The number of rotatable bonds is 13. The number of amides is 3. The van der Waals surface area contributed by atoms with Gasteiger partial charge in [-0.3, -0.25) is 14.4 Å². The number of fused-ring (bicyclic) bond motifs is 1. The lowest BCUT2D eigenvalue weighted by Gasteiger charge is -2.42. The van der Waals surface area contributed by atoms with Gasteiger partial charge in [-0.2, -0.15) is 0 Å². The second-order valence-electron chi connectivity index (χ2n) is 12.8. The first kappa shape index (κ1) is 32.3. The zero-order valence-corrected chi connectivity index (χ0v) is 27.0. The number of likely N-dealkylation sites (tertiary alicyclic amines) is 1. The second-order valence-corrected chi connectivity index (χ2v) is 14.4. The van der Waals surface area contributed by atoms with Crippen LogP contribution in [0.3, 0.4) is 0 Å². The first-order valence-corrected chi connectivity index (χ1v) is 16.4. The molecule has 0 aromatic heterocycles. The fourth-order valence-corrected chi connectivity index (χ4v) is 10.4. The van der Waals surface area contributed by atoms with Crippen molar-refractivity contribution in [1.82, 2.24) is 9.80 Å². The molecule has 230 valence electrons. The Labute approximate surface area is 256 Å². The predicted molar refractivity (Wildman–Crippen MR) is 171 cm³/mol. The summed E-state index contributed by atoms with van der Waals surface area (Å²) in [5.41, 5.74) is 2.78. The summed E-state index contributed by atoms with van der Waals surface area (Å²) in [5.74, 6) is -1.21. The molecule has 3 unspecified atom stereocenters. The standard InChI is InChI=1S/C34H49N3O4S/c1-9-15-35(16-10-2)31(39)27-26-19-24(8)34(42-26)28(27)32(40)37(25(20-38)18-21(4)5)30(34)33(41)36(17-11-3)29-22(6)13-12-14-23(29)7/h9,11-14,21,24-28,30,38H,1,3,10,15-20H2,2,4-8H3/t24?,25-,26-,27+,28+,30?,34?/m1/s1. The summed E-state index contributed by atoms with van der Waals surface area (Å²) >= 11 is 1.69. The third kappa shape index (κ3) is 5.23. The topological polar surface area (TPSA) is 81.2 Å². The number of nitrogens with zero attached hydrogens (tertiary/aromatic N) is 3. The van der Waals surface area contributed by atoms with E-state index in [9.17, 15) is 14.7 Å². The van der Waals surface area contributed by atoms with Gasteiger partial charge < -0.3 is 19.8 Å². The normalized spacial score (nSPS) is 28.6. The van der Waals surface area contributed by atoms with Gasteiger partial charge in [-0.15, -0.1) is 24.9 Å². The Kier molecular flexibility index (Phi) is 9.98. The summed E-state index contributed by atoms with van der Waals surface area (Å²) in [4.78, 5) is 49.3. The third-order valence-corrected chi connectivity index (χ3v) is 11.6. The van der Waals surface area contributed by atoms with Crippen LogP contribution in [0.2, 0.25) is 0 Å². The van der Waals surface area contributed by atoms with Crippen LogP contribution in [0.15, 0.2) is 43.5 Å². The molecule has 8 heteroatoms. The monoisotopic (exact) mass is 595 g/mol. The Morgan fingerprint density at radius 2 is 1.81 bits per heavy atom. The number of aliphatic hydroxyl groups excluding tert-OH is 1. The van der Waals surface area contributed by atoms with Gasteiger partial charge >= 0.3 is 0 Å². The molecule has 1 aromatic rings. The number of hydrogen-bond acceptors (Lipinski definition) is 5. The average molecular weight is 596 g/mol. The van der Waals surface area contributed by atoms with Gasteiger partial charge in [-0.05, 0) is 56.1 Å². The maximum Gasteiger partial charge on any atom is 0.251 e. The van der Waals surface area contributed by atoms with Crippen molar-refractivity contribution in [3.05, 3.63) is 54.6 Å². The summed E-state index contributed by atoms with van der Waals surface area (Å²) in [5, 5.41) is 10.6. The number of hydrogen-bond donors (Lipinski definition) is 1. The van der Waals surface area contributed by atoms with Gasteiger partial charge in [-0.25, -0.2) is 0 Å². The summed E-state index contributed by atoms with van der Waals surface area (Å²) in [6.07, 6.45) is 5.62. The van der Waals surface area contributed by atoms with Gasteiger partial charge in [0.2, 0.25) is 11.8 Å². The molecule has 7 nitrogen and oxygen atoms in total. The lowest BCUT2D eigenvalue weighted by molar-refractivity contribution is -0.145. The number of carbonyl (C=O) groups excluding carboxylic acids is 3. The number of aryl methyl sites for hydroxylation is 2. The quantitative estimate of drug-likeness (QED) is 0.325. The van der Waals surface area contributed by atoms with Crippen molar-refractivity contribution in [2.24, 2.45) is 23.7 Å². The van der Waals surface area contributed by atoms with Crippen molar-refractivity contribution >= 4 is 35.2 Å². The van der Waals surface area contributed by atoms with Gasteiger partial charge in [0.1, 0.15) is 6.04 Å². The number of carbonyl (C=O) groups is 3. The molecule has 3 aliphatic heterocycles. The minimum atomic E-state index is -0.799. The van der Waals surface area contributed by atoms with E-state index in [4.69, 9.17) is 0 Å². The molecule has 4 rings (SSSR count). The second kappa shape index (κ2) is 13.0. The van der Waals surface area contributed by atoms with Crippen molar-refractivity contribution in [1.29, 1.82) is 0 Å². The van der Waals surface area contributed by atoms with Gasteiger partial charge in [0, 0.05) is 30.6 Å². The summed E-state index contributed by atoms with van der Waals surface area (Å²) in [6, 6.07) is 4.65. The highest BCUT2D eigenvalue weighted by Gasteiger charge is 2.77. The zero-order chi connectivity index (χ0) is 30.9. The molecule has 3 aliphatic rings. The molecule has 0 aliphatic carbocycles. The molecular weight excluding hydrogens is 546 g/mol. The summed E-state index contributed by atoms with van der Waals surface area (Å²) in [7, 11) is 0. The smallest absolute Gasteiger partial charge is 0.251 e. The number of benzene rings is 1. The maximum absolute atomic E-state index is 15.1. The fourth-order valence-electron chi connectivity index (χ4n) is 7.96. The molecule has 7 atom stereocenters. The molecule has 1 N–H and O–H groups in total. The van der Waals surface area contributed by atoms with Crippen LogP contribution in [0.1, 0.15) is 58.1 Å². The van der Waals surface area contributed by atoms with Crippen LogP contribution in [-0.4, -0.2) is 80.9 Å². The van der Waals surface area contributed by atoms with Gasteiger partial charge in [-0.1, -0.05) is 58.0 Å². The van der Waals surface area contributed by atoms with E-state index in [-0.39, 0.29) is 41.4 Å². The molecule has 3 saturated heterocycles. The van der Waals surface area contributed by atoms with E-state index in [0.717, 1.165) is 29.7 Å². The summed E-state index contributed by atoms with van der Waals surface area (Å²) in [6.45, 7) is 21.2. The van der Waals surface area contributed by atoms with E-state index in [2.05, 4.69) is 33.9 Å². The van der Waals surface area contributed by atoms with Crippen LogP contribution in [0.4, 0.5) is 5.69 Å². The minimum absolute atomic E-state index is 0.0171. The van der Waals surface area contributed by atoms with Crippen LogP contribution in [0, 0.1) is 37.5 Å². The number of para-hydroxylation sites is 1. The van der Waals surface area contributed by atoms with E-state index in [1.165, 1.54) is 0 Å². The third-order valence-electron chi connectivity index (χ3n) is 9.49. The van der Waals surface area contributed by atoms with Gasteiger partial charge in [0.25, 0.3) is 5.91 Å². The highest BCUT2D eigenvalue weighted by atomic mass is 32.2. The van der Waals surface area contributed by atoms with Crippen LogP contribution in [-0.2, 0) is 14.4 Å². The summed E-state index contributed by atoms with van der Waals surface area (Å²) < 4.78 is -0.758. The number of anilines is 1. The Morgan fingerprint density at radius 1 is 1.17 bits per heavy atom. The Balaban J connectivity index is 1.89. The SMILES string of the molecule is C=CCN(CCC)C(=O)[C@@H]1[C@H]2C(=O)N([C@@H](CO)CC(C)C)C(C(=O)N(CC=C)c3c(C)cccc3C)C23S[C@@H]1CC3C. The van der Waals surface area contributed by atoms with E-state index in [0.29, 0.717) is 26.1 Å². The minimum Gasteiger partial charge on any atom is -0.394 e. The molecule has 0 saturated carbocycles. The van der Waals surface area contributed by atoms with Crippen LogP contribution < -0.4 is 4.90 Å². The molecule has 1 spiro atoms. The molecule has 1 aromatic carbocycles. The van der Waals surface area contributed by atoms with E-state index in [1.54, 1.807) is 33.7 Å². The van der Waals surface area contributed by atoms with Crippen LogP contribution in [0.5, 0.6) is 0 Å². The number of thioether (sulfide) groups is 1. The van der Waals surface area contributed by atoms with Gasteiger partial charge in [0.15, 0.2) is 0 Å².